The van der Waals surface area contributed by atoms with Crippen molar-refractivity contribution < 1.29 is 9.53 Å². The maximum atomic E-state index is 11.8. The van der Waals surface area contributed by atoms with Crippen molar-refractivity contribution in [2.45, 2.75) is 58.8 Å². The molecule has 1 aromatic rings. The molecule has 2 N–H and O–H groups in total. The number of anilines is 1. The lowest BCUT2D eigenvalue weighted by molar-refractivity contribution is 0.0527. The van der Waals surface area contributed by atoms with Crippen LogP contribution < -0.4 is 5.73 Å². The fourth-order valence-electron chi connectivity index (χ4n) is 2.25. The largest absolute Gasteiger partial charge is 0.462 e. The monoisotopic (exact) mass is 277 g/mol. The molecule has 0 bridgehead atoms. The maximum absolute atomic E-state index is 11.8. The number of rotatable bonds is 9. The molecule has 0 radical (unpaired) electrons. The molecule has 1 aromatic carbocycles. The lowest BCUT2D eigenvalue weighted by atomic mass is 10.0. The van der Waals surface area contributed by atoms with Crippen molar-refractivity contribution >= 4 is 11.7 Å². The third-order valence-corrected chi connectivity index (χ3v) is 3.43. The van der Waals surface area contributed by atoms with Gasteiger partial charge in [0.05, 0.1) is 12.2 Å². The number of nitrogens with two attached hydrogens (primary N) is 1. The van der Waals surface area contributed by atoms with Crippen LogP contribution in [0.2, 0.25) is 0 Å². The minimum absolute atomic E-state index is 0.324. The first kappa shape index (κ1) is 16.5. The van der Waals surface area contributed by atoms with Crippen LogP contribution in [0.5, 0.6) is 0 Å². The Kier molecular flexibility index (Phi) is 7.78. The standard InChI is InChI=1S/C17H27NO2/c1-3-5-6-7-8-9-10-14-11-12-16(18)15(13-14)17(19)20-4-2/h11-13H,3-10,18H2,1-2H3. The number of carbonyl (C=O) groups is 1. The number of hydrogen-bond donors (Lipinski definition) is 1. The molecule has 3 heteroatoms. The highest BCUT2D eigenvalue weighted by molar-refractivity contribution is 5.95. The van der Waals surface area contributed by atoms with Crippen LogP contribution in [0.3, 0.4) is 0 Å². The second-order valence-corrected chi connectivity index (χ2v) is 5.16. The predicted octanol–water partition coefficient (Wildman–Crippen LogP) is 4.35. The Labute approximate surface area is 122 Å². The SMILES string of the molecule is CCCCCCCCc1ccc(N)c(C(=O)OCC)c1. The molecule has 1 rings (SSSR count). The zero-order valence-corrected chi connectivity index (χ0v) is 12.8. The van der Waals surface area contributed by atoms with Gasteiger partial charge in [-0.15, -0.1) is 0 Å². The van der Waals surface area contributed by atoms with Crippen LogP contribution in [0.15, 0.2) is 18.2 Å². The van der Waals surface area contributed by atoms with Crippen molar-refractivity contribution in [2.24, 2.45) is 0 Å². The van der Waals surface area contributed by atoms with Gasteiger partial charge in [-0.2, -0.15) is 0 Å². The molecule has 0 saturated carbocycles. The first-order valence-electron chi connectivity index (χ1n) is 7.74. The molecular weight excluding hydrogens is 250 g/mol. The van der Waals surface area contributed by atoms with Crippen LogP contribution >= 0.6 is 0 Å². The summed E-state index contributed by atoms with van der Waals surface area (Å²) in [4.78, 5) is 11.8. The summed E-state index contributed by atoms with van der Waals surface area (Å²) in [5.74, 6) is -0.324. The molecule has 0 unspecified atom stereocenters. The van der Waals surface area contributed by atoms with Gasteiger partial charge in [0.2, 0.25) is 0 Å². The number of aryl methyl sites for hydroxylation is 1. The van der Waals surface area contributed by atoms with Gasteiger partial charge in [-0.1, -0.05) is 45.1 Å². The lowest BCUT2D eigenvalue weighted by Crippen LogP contribution is -2.08. The van der Waals surface area contributed by atoms with Gasteiger partial charge in [0.1, 0.15) is 0 Å². The highest BCUT2D eigenvalue weighted by Crippen LogP contribution is 2.17. The van der Waals surface area contributed by atoms with E-state index in [2.05, 4.69) is 6.92 Å². The van der Waals surface area contributed by atoms with Crippen molar-refractivity contribution in [3.8, 4) is 0 Å². The van der Waals surface area contributed by atoms with E-state index in [9.17, 15) is 4.79 Å². The van der Waals surface area contributed by atoms with Crippen LogP contribution in [0.1, 0.15) is 68.3 Å². The predicted molar refractivity (Wildman–Crippen MR) is 83.9 cm³/mol. The number of esters is 1. The summed E-state index contributed by atoms with van der Waals surface area (Å²) in [5, 5.41) is 0. The van der Waals surface area contributed by atoms with Crippen LogP contribution in [0, 0.1) is 0 Å². The molecule has 20 heavy (non-hydrogen) atoms. The third-order valence-electron chi connectivity index (χ3n) is 3.43. The van der Waals surface area contributed by atoms with Gasteiger partial charge in [0.25, 0.3) is 0 Å². The number of benzene rings is 1. The number of carbonyl (C=O) groups excluding carboxylic acids is 1. The Hall–Kier alpha value is -1.51. The molecular formula is C17H27NO2. The number of ether oxygens (including phenoxy) is 1. The van der Waals surface area contributed by atoms with E-state index in [4.69, 9.17) is 10.5 Å². The normalized spacial score (nSPS) is 10.5. The Bertz CT molecular complexity index is 415. The number of unbranched alkanes of at least 4 members (excludes halogenated alkanes) is 5. The van der Waals surface area contributed by atoms with E-state index in [1.807, 2.05) is 12.1 Å². The maximum Gasteiger partial charge on any atom is 0.340 e. The first-order chi connectivity index (χ1) is 9.69. The van der Waals surface area contributed by atoms with Gasteiger partial charge >= 0.3 is 5.97 Å². The van der Waals surface area contributed by atoms with E-state index in [0.717, 1.165) is 18.4 Å². The average Bonchev–Trinajstić information content (AvgIpc) is 2.44. The molecule has 0 spiro atoms. The molecule has 0 fully saturated rings. The molecule has 0 aliphatic heterocycles. The van der Waals surface area contributed by atoms with Gasteiger partial charge in [-0.3, -0.25) is 0 Å². The summed E-state index contributed by atoms with van der Waals surface area (Å²) in [5.41, 5.74) is 7.99. The Morgan fingerprint density at radius 1 is 1.10 bits per heavy atom. The molecule has 112 valence electrons. The zero-order chi connectivity index (χ0) is 14.8. The fraction of sp³-hybridized carbons (Fsp3) is 0.588. The summed E-state index contributed by atoms with van der Waals surface area (Å²) >= 11 is 0. The van der Waals surface area contributed by atoms with Gasteiger partial charge in [-0.05, 0) is 37.5 Å². The molecule has 0 amide bonds. The second kappa shape index (κ2) is 9.40. The van der Waals surface area contributed by atoms with Gasteiger partial charge in [-0.25, -0.2) is 4.79 Å². The van der Waals surface area contributed by atoms with Crippen LogP contribution in [0.25, 0.3) is 0 Å². The van der Waals surface area contributed by atoms with Crippen molar-refractivity contribution in [2.75, 3.05) is 12.3 Å². The molecule has 3 nitrogen and oxygen atoms in total. The van der Waals surface area contributed by atoms with Crippen molar-refractivity contribution in [1.29, 1.82) is 0 Å². The lowest BCUT2D eigenvalue weighted by Gasteiger charge is -2.08. The summed E-state index contributed by atoms with van der Waals surface area (Å²) in [6, 6.07) is 5.68. The van der Waals surface area contributed by atoms with Crippen LogP contribution in [-0.2, 0) is 11.2 Å². The Morgan fingerprint density at radius 2 is 1.80 bits per heavy atom. The van der Waals surface area contributed by atoms with E-state index in [-0.39, 0.29) is 5.97 Å². The molecule has 0 atom stereocenters. The Morgan fingerprint density at radius 3 is 2.50 bits per heavy atom. The minimum Gasteiger partial charge on any atom is -0.462 e. The van der Waals surface area contributed by atoms with Crippen LogP contribution in [0.4, 0.5) is 5.69 Å². The van der Waals surface area contributed by atoms with Gasteiger partial charge in [0.15, 0.2) is 0 Å². The topological polar surface area (TPSA) is 52.3 Å². The summed E-state index contributed by atoms with van der Waals surface area (Å²) < 4.78 is 5.01. The fourth-order valence-corrected chi connectivity index (χ4v) is 2.25. The smallest absolute Gasteiger partial charge is 0.340 e. The first-order valence-corrected chi connectivity index (χ1v) is 7.74. The second-order valence-electron chi connectivity index (χ2n) is 5.16. The number of nitrogen functional groups attached to an aromatic ring is 1. The van der Waals surface area contributed by atoms with Crippen LogP contribution in [-0.4, -0.2) is 12.6 Å². The van der Waals surface area contributed by atoms with Crippen molar-refractivity contribution in [3.05, 3.63) is 29.3 Å². The molecule has 0 aliphatic rings. The summed E-state index contributed by atoms with van der Waals surface area (Å²) in [6.45, 7) is 4.40. The third kappa shape index (κ3) is 5.64. The van der Waals surface area contributed by atoms with E-state index in [1.165, 1.54) is 32.1 Å². The number of hydrogen-bond acceptors (Lipinski definition) is 3. The minimum atomic E-state index is -0.324. The molecule has 0 saturated heterocycles. The average molecular weight is 277 g/mol. The van der Waals surface area contributed by atoms with Crippen molar-refractivity contribution in [1.82, 2.24) is 0 Å². The Balaban J connectivity index is 2.46. The van der Waals surface area contributed by atoms with Gasteiger partial charge in [0, 0.05) is 5.69 Å². The quantitative estimate of drug-likeness (QED) is 0.415. The molecule has 0 aliphatic carbocycles. The van der Waals surface area contributed by atoms with Gasteiger partial charge < -0.3 is 10.5 Å². The highest BCUT2D eigenvalue weighted by Gasteiger charge is 2.11. The van der Waals surface area contributed by atoms with E-state index >= 15 is 0 Å². The summed E-state index contributed by atoms with van der Waals surface area (Å²) in [7, 11) is 0. The van der Waals surface area contributed by atoms with Crippen molar-refractivity contribution in [3.63, 3.8) is 0 Å². The van der Waals surface area contributed by atoms with E-state index in [1.54, 1.807) is 13.0 Å². The molecule has 0 heterocycles. The molecule has 0 aromatic heterocycles. The highest BCUT2D eigenvalue weighted by atomic mass is 16.5. The zero-order valence-electron chi connectivity index (χ0n) is 12.8. The van der Waals surface area contributed by atoms with E-state index in [0.29, 0.717) is 17.9 Å². The van der Waals surface area contributed by atoms with E-state index < -0.39 is 0 Å². The summed E-state index contributed by atoms with van der Waals surface area (Å²) in [6.07, 6.45) is 8.64.